The zero-order chi connectivity index (χ0) is 15.9. The van der Waals surface area contributed by atoms with Gasteiger partial charge in [0.15, 0.2) is 15.7 Å². The van der Waals surface area contributed by atoms with Gasteiger partial charge in [0.2, 0.25) is 10.8 Å². The van der Waals surface area contributed by atoms with Crippen LogP contribution in [0.2, 0.25) is 5.28 Å². The molecule has 0 saturated carbocycles. The van der Waals surface area contributed by atoms with Crippen LogP contribution in [-0.4, -0.2) is 28.7 Å². The number of nitrogens with zero attached hydrogens (tertiary/aromatic N) is 3. The molecule has 3 heterocycles. The Morgan fingerprint density at radius 1 is 1.32 bits per heavy atom. The van der Waals surface area contributed by atoms with E-state index in [2.05, 4.69) is 15.3 Å². The van der Waals surface area contributed by atoms with Gasteiger partial charge >= 0.3 is 0 Å². The van der Waals surface area contributed by atoms with Crippen LogP contribution in [0.25, 0.3) is 0 Å². The van der Waals surface area contributed by atoms with Gasteiger partial charge in [0, 0.05) is 19.3 Å². The predicted molar refractivity (Wildman–Crippen MR) is 82.4 cm³/mol. The quantitative estimate of drug-likeness (QED) is 0.828. The van der Waals surface area contributed by atoms with E-state index >= 15 is 0 Å². The van der Waals surface area contributed by atoms with E-state index in [1.54, 1.807) is 19.3 Å². The Morgan fingerprint density at radius 2 is 2.09 bits per heavy atom. The van der Waals surface area contributed by atoms with E-state index in [4.69, 9.17) is 11.6 Å². The van der Waals surface area contributed by atoms with Crippen LogP contribution in [-0.2, 0) is 23.3 Å². The lowest BCUT2D eigenvalue weighted by Gasteiger charge is -2.19. The van der Waals surface area contributed by atoms with E-state index in [1.807, 2.05) is 0 Å². The fourth-order valence-corrected chi connectivity index (χ4v) is 4.20. The molecule has 0 aliphatic carbocycles. The van der Waals surface area contributed by atoms with Crippen LogP contribution in [0.5, 0.6) is 0 Å². The van der Waals surface area contributed by atoms with E-state index in [0.29, 0.717) is 24.2 Å². The van der Waals surface area contributed by atoms with Gasteiger partial charge < -0.3 is 9.88 Å². The lowest BCUT2D eigenvalue weighted by Crippen LogP contribution is -2.21. The summed E-state index contributed by atoms with van der Waals surface area (Å²) in [5.41, 5.74) is 0.805. The molecule has 116 valence electrons. The molecule has 0 amide bonds. The number of hydrogen-bond donors (Lipinski definition) is 1. The first-order valence-corrected chi connectivity index (χ1v) is 8.63. The maximum atomic E-state index is 12.3. The second-order valence-corrected chi connectivity index (χ2v) is 7.42. The summed E-state index contributed by atoms with van der Waals surface area (Å²) in [6.07, 6.45) is 2.61. The van der Waals surface area contributed by atoms with E-state index in [-0.39, 0.29) is 27.3 Å². The average molecular weight is 341 g/mol. The van der Waals surface area contributed by atoms with Gasteiger partial charge in [-0.3, -0.25) is 4.79 Å². The van der Waals surface area contributed by atoms with Gasteiger partial charge in [-0.2, -0.15) is 4.98 Å². The van der Waals surface area contributed by atoms with Crippen molar-refractivity contribution in [3.63, 3.8) is 0 Å². The molecule has 0 bridgehead atoms. The molecule has 2 aromatic heterocycles. The molecule has 22 heavy (non-hydrogen) atoms. The monoisotopic (exact) mass is 340 g/mol. The van der Waals surface area contributed by atoms with Crippen molar-refractivity contribution in [1.82, 2.24) is 14.5 Å². The number of pyridine rings is 1. The van der Waals surface area contributed by atoms with Gasteiger partial charge in [-0.05, 0) is 30.5 Å². The van der Waals surface area contributed by atoms with Crippen molar-refractivity contribution in [2.45, 2.75) is 17.7 Å². The third-order valence-electron chi connectivity index (χ3n) is 3.39. The molecule has 0 saturated heterocycles. The smallest absolute Gasteiger partial charge is 0.250 e. The molecule has 0 unspecified atom stereocenters. The molecule has 0 atom stereocenters. The molecular formula is C13H13ClN4O3S. The highest BCUT2D eigenvalue weighted by Crippen LogP contribution is 2.31. The number of hydrogen-bond acceptors (Lipinski definition) is 6. The zero-order valence-electron chi connectivity index (χ0n) is 11.7. The molecule has 9 heteroatoms. The molecule has 3 rings (SSSR count). The highest BCUT2D eigenvalue weighted by atomic mass is 35.5. The molecule has 0 aromatic carbocycles. The molecular weight excluding hydrogens is 328 g/mol. The van der Waals surface area contributed by atoms with Gasteiger partial charge in [0.25, 0.3) is 0 Å². The molecule has 0 fully saturated rings. The number of halogens is 1. The number of sulfone groups is 1. The summed E-state index contributed by atoms with van der Waals surface area (Å²) in [5, 5.41) is 2.91. The molecule has 1 aliphatic heterocycles. The van der Waals surface area contributed by atoms with Gasteiger partial charge in [0.1, 0.15) is 4.90 Å². The van der Waals surface area contributed by atoms with Crippen molar-refractivity contribution >= 4 is 32.9 Å². The lowest BCUT2D eigenvalue weighted by molar-refractivity contribution is 0.584. The Hall–Kier alpha value is -1.93. The summed E-state index contributed by atoms with van der Waals surface area (Å²) in [7, 11) is -1.84. The fraction of sp³-hybridized carbons (Fsp3) is 0.308. The average Bonchev–Trinajstić information content (AvgIpc) is 2.41. The van der Waals surface area contributed by atoms with Crippen LogP contribution in [0.1, 0.15) is 12.1 Å². The van der Waals surface area contributed by atoms with Gasteiger partial charge in [-0.25, -0.2) is 13.4 Å². The molecule has 1 aliphatic rings. The summed E-state index contributed by atoms with van der Waals surface area (Å²) in [4.78, 5) is 19.5. The van der Waals surface area contributed by atoms with Crippen LogP contribution in [0.3, 0.4) is 0 Å². The summed E-state index contributed by atoms with van der Waals surface area (Å²) in [6, 6.07) is 2.94. The maximum Gasteiger partial charge on any atom is 0.250 e. The van der Waals surface area contributed by atoms with Crippen LogP contribution in [0.4, 0.5) is 11.5 Å². The number of anilines is 2. The Balaban J connectivity index is 2.13. The molecule has 7 nitrogen and oxygen atoms in total. The number of fused-ring (bicyclic) bond motifs is 1. The van der Waals surface area contributed by atoms with E-state index in [1.165, 1.54) is 10.6 Å². The molecule has 2 aromatic rings. The van der Waals surface area contributed by atoms with Crippen molar-refractivity contribution in [1.29, 1.82) is 0 Å². The Labute approximate surface area is 131 Å². The summed E-state index contributed by atoms with van der Waals surface area (Å²) < 4.78 is 26.0. The van der Waals surface area contributed by atoms with Crippen molar-refractivity contribution in [3.05, 3.63) is 39.7 Å². The van der Waals surface area contributed by atoms with Crippen molar-refractivity contribution in [3.8, 4) is 0 Å². The number of rotatable bonds is 2. The zero-order valence-corrected chi connectivity index (χ0v) is 13.3. The summed E-state index contributed by atoms with van der Waals surface area (Å²) in [5.74, 6) is 0.209. The predicted octanol–water partition coefficient (Wildman–Crippen LogP) is 1.29. The normalized spacial score (nSPS) is 16.1. The summed E-state index contributed by atoms with van der Waals surface area (Å²) in [6.45, 7) is 0. The summed E-state index contributed by atoms with van der Waals surface area (Å²) >= 11 is 5.89. The van der Waals surface area contributed by atoms with Gasteiger partial charge in [0.05, 0.1) is 17.1 Å². The van der Waals surface area contributed by atoms with Crippen LogP contribution in [0, 0.1) is 0 Å². The Kier molecular flexibility index (Phi) is 3.65. The number of aromatic nitrogens is 3. The van der Waals surface area contributed by atoms with E-state index in [0.717, 1.165) is 0 Å². The Bertz CT molecular complexity index is 908. The third-order valence-corrected chi connectivity index (χ3v) is 5.44. The highest BCUT2D eigenvalue weighted by molar-refractivity contribution is 7.91. The van der Waals surface area contributed by atoms with Crippen LogP contribution in [0.15, 0.2) is 28.0 Å². The maximum absolute atomic E-state index is 12.3. The van der Waals surface area contributed by atoms with Gasteiger partial charge in [-0.1, -0.05) is 0 Å². The standard InChI is InChI=1S/C13H13ClN4O3S/c1-18-7-8(4-5-10(18)19)15-12-11-9(16-13(14)17-12)3-2-6-22(11,20)21/h4-5,7H,2-3,6H2,1H3,(H,15,16,17). The van der Waals surface area contributed by atoms with Crippen LogP contribution < -0.4 is 10.9 Å². The topological polar surface area (TPSA) is 93.9 Å². The van der Waals surface area contributed by atoms with Crippen molar-refractivity contribution in [2.24, 2.45) is 7.05 Å². The van der Waals surface area contributed by atoms with Crippen LogP contribution >= 0.6 is 11.6 Å². The van der Waals surface area contributed by atoms with E-state index in [9.17, 15) is 13.2 Å². The first-order valence-electron chi connectivity index (χ1n) is 6.60. The molecule has 0 spiro atoms. The minimum absolute atomic E-state index is 0.0110. The van der Waals surface area contributed by atoms with E-state index < -0.39 is 9.84 Å². The third kappa shape index (κ3) is 2.71. The fourth-order valence-electron chi connectivity index (χ4n) is 2.38. The number of nitrogens with one attached hydrogen (secondary N) is 1. The minimum atomic E-state index is -3.44. The minimum Gasteiger partial charge on any atom is -0.338 e. The van der Waals surface area contributed by atoms with Crippen molar-refractivity contribution < 1.29 is 8.42 Å². The molecule has 0 radical (unpaired) electrons. The van der Waals surface area contributed by atoms with Crippen molar-refractivity contribution in [2.75, 3.05) is 11.1 Å². The SMILES string of the molecule is Cn1cc(Nc2nc(Cl)nc3c2S(=O)(=O)CCC3)ccc1=O. The number of aryl methyl sites for hydroxylation is 2. The second-order valence-electron chi connectivity index (χ2n) is 5.03. The second kappa shape index (κ2) is 5.36. The highest BCUT2D eigenvalue weighted by Gasteiger charge is 2.30. The first-order chi connectivity index (χ1) is 10.4. The Morgan fingerprint density at radius 3 is 2.82 bits per heavy atom. The molecule has 1 N–H and O–H groups in total. The lowest BCUT2D eigenvalue weighted by atomic mass is 10.2. The van der Waals surface area contributed by atoms with Gasteiger partial charge in [-0.15, -0.1) is 0 Å². The first kappa shape index (κ1) is 15.0. The largest absolute Gasteiger partial charge is 0.338 e.